The number of carbonyl (C=O) groups is 1. The molecule has 47 heavy (non-hydrogen) atoms. The third kappa shape index (κ3) is 7.10. The quantitative estimate of drug-likeness (QED) is 0.0963. The van der Waals surface area contributed by atoms with Crippen molar-refractivity contribution in [2.24, 2.45) is 5.92 Å². The van der Waals surface area contributed by atoms with Crippen molar-refractivity contribution in [1.29, 1.82) is 5.41 Å². The summed E-state index contributed by atoms with van der Waals surface area (Å²) in [6, 6.07) is 12.3. The zero-order chi connectivity index (χ0) is 33.5. The second kappa shape index (κ2) is 13.2. The number of hydrogen-bond donors (Lipinski definition) is 3. The van der Waals surface area contributed by atoms with E-state index in [1.165, 1.54) is 6.92 Å². The van der Waals surface area contributed by atoms with Gasteiger partial charge in [-0.2, -0.15) is 15.1 Å². The molecule has 6 rings (SSSR count). The van der Waals surface area contributed by atoms with Crippen molar-refractivity contribution in [3.63, 3.8) is 0 Å². The van der Waals surface area contributed by atoms with Crippen LogP contribution in [0.3, 0.4) is 0 Å². The molecular formula is C32H41N8O6P. The Morgan fingerprint density at radius 3 is 2.66 bits per heavy atom. The van der Waals surface area contributed by atoms with E-state index in [9.17, 15) is 9.36 Å². The molecule has 1 saturated carbocycles. The Morgan fingerprint density at radius 2 is 1.94 bits per heavy atom. The molecule has 0 spiro atoms. The molecule has 0 amide bonds. The van der Waals surface area contributed by atoms with Gasteiger partial charge in [0.15, 0.2) is 17.0 Å². The molecule has 15 heteroatoms. The van der Waals surface area contributed by atoms with E-state index >= 15 is 0 Å². The molecule has 4 N–H and O–H groups in total. The van der Waals surface area contributed by atoms with Crippen molar-refractivity contribution in [1.82, 2.24) is 24.6 Å². The Bertz CT molecular complexity index is 1840. The number of hydrogen-bond acceptors (Lipinski definition) is 12. The predicted molar refractivity (Wildman–Crippen MR) is 179 cm³/mol. The average Bonchev–Trinajstić information content (AvgIpc) is 3.65. The summed E-state index contributed by atoms with van der Waals surface area (Å²) in [4.78, 5) is 28.3. The lowest BCUT2D eigenvalue weighted by Gasteiger charge is -2.25. The highest BCUT2D eigenvalue weighted by atomic mass is 31.2. The molecular weight excluding hydrogens is 623 g/mol. The highest BCUT2D eigenvalue weighted by molar-refractivity contribution is 7.52. The molecule has 0 radical (unpaired) electrons. The number of ether oxygens (including phenoxy) is 2. The molecule has 0 unspecified atom stereocenters. The van der Waals surface area contributed by atoms with E-state index in [2.05, 4.69) is 24.9 Å². The van der Waals surface area contributed by atoms with Gasteiger partial charge < -0.3 is 30.0 Å². The second-order valence-electron chi connectivity index (χ2n) is 12.4. The molecule has 14 nitrogen and oxygen atoms in total. The van der Waals surface area contributed by atoms with E-state index in [4.69, 9.17) is 29.7 Å². The third-order valence-corrected chi connectivity index (χ3v) is 9.96. The second-order valence-corrected chi connectivity index (χ2v) is 14.1. The summed E-state index contributed by atoms with van der Waals surface area (Å²) < 4.78 is 40.0. The number of benzene rings is 2. The van der Waals surface area contributed by atoms with Crippen molar-refractivity contribution in [2.45, 2.75) is 77.5 Å². The third-order valence-electron chi connectivity index (χ3n) is 8.33. The van der Waals surface area contributed by atoms with Crippen LogP contribution in [0.5, 0.6) is 5.75 Å². The molecule has 250 valence electrons. The first-order chi connectivity index (χ1) is 22.4. The van der Waals surface area contributed by atoms with Crippen molar-refractivity contribution in [3.05, 3.63) is 48.8 Å². The number of imidazole rings is 1. The molecule has 1 aliphatic heterocycles. The number of rotatable bonds is 13. The maximum atomic E-state index is 14.4. The Morgan fingerprint density at radius 1 is 1.19 bits per heavy atom. The first-order valence-electron chi connectivity index (χ1n) is 15.8. The van der Waals surface area contributed by atoms with Crippen molar-refractivity contribution >= 4 is 53.1 Å². The van der Waals surface area contributed by atoms with Gasteiger partial charge in [0.1, 0.15) is 18.0 Å². The standard InChI is InChI=1S/C32H41N8O6P/c1-18(2)44-31(41)20(4)38-47(42,46-26-12-8-10-21-9-6-7-11-24(21)26)43-16-23-15-25(19(3)33)30(45-23)40-17-35-27-28(39(5)22-13-14-22)36-32(34)37-29(27)40/h6-12,17-18,20,22-23,25,30,33H,13-16H2,1-5H3,(H,38,42)(H2,34,36,37)/t20-,23+,25-,30-,47+/m1/s1. The van der Waals surface area contributed by atoms with E-state index in [1.807, 2.05) is 37.4 Å². The van der Waals surface area contributed by atoms with Crippen molar-refractivity contribution < 1.29 is 27.9 Å². The van der Waals surface area contributed by atoms with Crippen LogP contribution in [0.1, 0.15) is 53.2 Å². The summed E-state index contributed by atoms with van der Waals surface area (Å²) in [5, 5.41) is 12.9. The summed E-state index contributed by atoms with van der Waals surface area (Å²) in [7, 11) is -2.22. The summed E-state index contributed by atoms with van der Waals surface area (Å²) in [5.74, 6) is 0.147. The van der Waals surface area contributed by atoms with Gasteiger partial charge in [-0.05, 0) is 58.4 Å². The van der Waals surface area contributed by atoms with Crippen LogP contribution in [-0.2, 0) is 23.4 Å². The minimum atomic E-state index is -4.19. The predicted octanol–water partition coefficient (Wildman–Crippen LogP) is 5.24. The van der Waals surface area contributed by atoms with Crippen LogP contribution in [0.4, 0.5) is 11.8 Å². The fraction of sp³-hybridized carbons (Fsp3) is 0.469. The lowest BCUT2D eigenvalue weighted by atomic mass is 9.98. The van der Waals surface area contributed by atoms with Crippen molar-refractivity contribution in [2.75, 3.05) is 24.3 Å². The summed E-state index contributed by atoms with van der Waals surface area (Å²) in [6.07, 6.45) is 2.59. The monoisotopic (exact) mass is 664 g/mol. The fourth-order valence-electron chi connectivity index (χ4n) is 5.79. The molecule has 0 bridgehead atoms. The molecule has 2 fully saturated rings. The number of nitrogens with zero attached hydrogens (tertiary/aromatic N) is 5. The van der Waals surface area contributed by atoms with Gasteiger partial charge in [0.2, 0.25) is 5.95 Å². The van der Waals surface area contributed by atoms with Crippen LogP contribution in [0.2, 0.25) is 0 Å². The molecule has 5 atom stereocenters. The van der Waals surface area contributed by atoms with Gasteiger partial charge in [0.25, 0.3) is 0 Å². The Kier molecular flexibility index (Phi) is 9.21. The lowest BCUT2D eigenvalue weighted by Crippen LogP contribution is -2.36. The lowest BCUT2D eigenvalue weighted by molar-refractivity contribution is -0.149. The number of carbonyl (C=O) groups excluding carboxylic acids is 1. The number of esters is 1. The van der Waals surface area contributed by atoms with Gasteiger partial charge in [-0.15, -0.1) is 0 Å². The van der Waals surface area contributed by atoms with Gasteiger partial charge in [-0.3, -0.25) is 13.9 Å². The Labute approximate surface area is 273 Å². The molecule has 2 aliphatic rings. The topological polar surface area (TPSA) is 180 Å². The molecule has 4 aromatic rings. The molecule has 2 aromatic heterocycles. The van der Waals surface area contributed by atoms with Crippen LogP contribution in [0.15, 0.2) is 48.8 Å². The Hall–Kier alpha value is -4.10. The zero-order valence-electron chi connectivity index (χ0n) is 27.1. The smallest absolute Gasteiger partial charge is 0.459 e. The van der Waals surface area contributed by atoms with E-state index in [-0.39, 0.29) is 24.6 Å². The van der Waals surface area contributed by atoms with Crippen LogP contribution in [0, 0.1) is 11.3 Å². The zero-order valence-corrected chi connectivity index (χ0v) is 28.0. The number of aromatic nitrogens is 4. The average molecular weight is 665 g/mol. The number of fused-ring (bicyclic) bond motifs is 2. The van der Waals surface area contributed by atoms with Crippen LogP contribution in [0.25, 0.3) is 21.9 Å². The van der Waals surface area contributed by atoms with Gasteiger partial charge in [-0.1, -0.05) is 36.4 Å². The molecule has 3 heterocycles. The van der Waals surface area contributed by atoms with Gasteiger partial charge in [0.05, 0.1) is 25.1 Å². The first kappa shape index (κ1) is 32.8. The van der Waals surface area contributed by atoms with Crippen LogP contribution < -0.4 is 20.2 Å². The van der Waals surface area contributed by atoms with Gasteiger partial charge in [-0.25, -0.2) is 9.55 Å². The molecule has 1 saturated heterocycles. The van der Waals surface area contributed by atoms with Crippen molar-refractivity contribution in [3.8, 4) is 5.75 Å². The van der Waals surface area contributed by atoms with E-state index < -0.39 is 32.1 Å². The Balaban J connectivity index is 1.25. The largest absolute Gasteiger partial charge is 0.462 e. The van der Waals surface area contributed by atoms with E-state index in [0.29, 0.717) is 40.9 Å². The number of nitrogen functional groups attached to an aromatic ring is 1. The van der Waals surface area contributed by atoms with Crippen LogP contribution >= 0.6 is 7.75 Å². The number of anilines is 2. The maximum absolute atomic E-state index is 14.4. The van der Waals surface area contributed by atoms with Gasteiger partial charge >= 0.3 is 13.7 Å². The summed E-state index contributed by atoms with van der Waals surface area (Å²) in [5.41, 5.74) is 7.63. The highest BCUT2D eigenvalue weighted by Gasteiger charge is 2.42. The normalized spacial score (nSPS) is 21.5. The fourth-order valence-corrected chi connectivity index (χ4v) is 7.33. The molecule has 2 aromatic carbocycles. The van der Waals surface area contributed by atoms with E-state index in [1.54, 1.807) is 43.8 Å². The SMILES string of the molecule is CC(=N)[C@H]1C[C@@H](CO[P@@](=O)(N[C@H](C)C(=O)OC(C)C)Oc2cccc3ccccc23)O[C@H]1n1cnc2c(N(C)C3CC3)nc(N)nc21. The highest BCUT2D eigenvalue weighted by Crippen LogP contribution is 2.48. The van der Waals surface area contributed by atoms with Gasteiger partial charge in [0, 0.05) is 30.1 Å². The summed E-state index contributed by atoms with van der Waals surface area (Å²) in [6.45, 7) is 6.58. The first-order valence-corrected chi connectivity index (χ1v) is 17.3. The summed E-state index contributed by atoms with van der Waals surface area (Å²) >= 11 is 0. The minimum absolute atomic E-state index is 0.116. The number of nitrogens with one attached hydrogen (secondary N) is 2. The number of nitrogens with two attached hydrogens (primary N) is 1. The minimum Gasteiger partial charge on any atom is -0.462 e. The molecule has 1 aliphatic carbocycles. The van der Waals surface area contributed by atoms with E-state index in [0.717, 1.165) is 23.6 Å². The maximum Gasteiger partial charge on any atom is 0.459 e. The van der Waals surface area contributed by atoms with Crippen LogP contribution in [-0.4, -0.2) is 69.1 Å².